The van der Waals surface area contributed by atoms with E-state index in [0.717, 1.165) is 0 Å². The van der Waals surface area contributed by atoms with Crippen LogP contribution >= 0.6 is 0 Å². The van der Waals surface area contributed by atoms with Crippen molar-refractivity contribution in [1.82, 2.24) is 0 Å². The van der Waals surface area contributed by atoms with Gasteiger partial charge in [0.2, 0.25) is 0 Å². The van der Waals surface area contributed by atoms with Gasteiger partial charge in [0.05, 0.1) is 0 Å². The van der Waals surface area contributed by atoms with Gasteiger partial charge < -0.3 is 10.8 Å². The van der Waals surface area contributed by atoms with E-state index in [1.165, 1.54) is 0 Å². The maximum absolute atomic E-state index is 9.69. The average Bonchev–Trinajstić information content (AvgIpc) is 1.65. The van der Waals surface area contributed by atoms with E-state index < -0.39 is 11.9 Å². The summed E-state index contributed by atoms with van der Waals surface area (Å²) in [4.78, 5) is 9.69. The third-order valence-corrected chi connectivity index (χ3v) is 0.537. The molecule has 0 saturated heterocycles. The van der Waals surface area contributed by atoms with Gasteiger partial charge in [-0.25, -0.2) is 0 Å². The van der Waals surface area contributed by atoms with Gasteiger partial charge >= 0.3 is 5.97 Å². The Labute approximate surface area is 62.5 Å². The number of hydrogen-bond acceptors (Lipinski definition) is 1. The van der Waals surface area contributed by atoms with Crippen LogP contribution in [0.1, 0.15) is 0 Å². The number of carboxylic acid groups (broad SMARTS) is 1. The van der Waals surface area contributed by atoms with Crippen LogP contribution in [0.3, 0.4) is 0 Å². The molecule has 0 aromatic heterocycles. The quantitative estimate of drug-likeness (QED) is 0.800. The minimum Gasteiger partial charge on any atom is -0.677 e. The van der Waals surface area contributed by atoms with Crippen molar-refractivity contribution in [2.24, 2.45) is 5.92 Å². The molecule has 0 aliphatic carbocycles. The zero-order valence-corrected chi connectivity index (χ0v) is 7.06. The zero-order chi connectivity index (χ0) is 5.86. The summed E-state index contributed by atoms with van der Waals surface area (Å²) in [5, 5.41) is 7.94. The van der Waals surface area contributed by atoms with E-state index in [9.17, 15) is 4.79 Å². The monoisotopic (exact) mass is 284 g/mol. The third kappa shape index (κ3) is 4.28. The normalized spacial score (nSPS) is 11.8. The van der Waals surface area contributed by atoms with Gasteiger partial charge in [-0.2, -0.15) is 0 Å². The topological polar surface area (TPSA) is 61.1 Å². The van der Waals surface area contributed by atoms with E-state index in [1.54, 1.807) is 0 Å². The maximum Gasteiger partial charge on any atom is 0.305 e. The molecule has 0 saturated carbocycles. The Balaban J connectivity index is 0. The number of carboxylic acids is 1. The molecule has 0 bridgehead atoms. The van der Waals surface area contributed by atoms with Crippen molar-refractivity contribution in [2.45, 2.75) is 0 Å². The summed E-state index contributed by atoms with van der Waals surface area (Å²) in [7, 11) is 0. The summed E-state index contributed by atoms with van der Waals surface area (Å²) in [5.41, 5.74) is 6.43. The van der Waals surface area contributed by atoms with E-state index in [1.807, 2.05) is 0 Å². The molecule has 1 atom stereocenters. The van der Waals surface area contributed by atoms with Gasteiger partial charge in [-0.3, -0.25) is 4.79 Å². The molecule has 0 aliphatic heterocycles. The van der Waals surface area contributed by atoms with Gasteiger partial charge in [-0.05, 0) is 6.92 Å². The fourth-order valence-electron chi connectivity index (χ4n) is 0.0873. The van der Waals surface area contributed by atoms with Crippen LogP contribution in [0, 0.1) is 12.8 Å². The predicted octanol–water partition coefficient (Wildman–Crippen LogP) is 0.448. The number of hydrogen-bond donors (Lipinski definition) is 1. The van der Waals surface area contributed by atoms with Crippen molar-refractivity contribution in [3.8, 4) is 0 Å². The van der Waals surface area contributed by atoms with Crippen molar-refractivity contribution in [3.05, 3.63) is 12.7 Å². The Kier molecular flexibility index (Phi) is 7.22. The van der Waals surface area contributed by atoms with Crippen LogP contribution in [0.25, 0.3) is 5.73 Å². The van der Waals surface area contributed by atoms with E-state index >= 15 is 0 Å². The number of rotatable bonds is 2. The predicted molar refractivity (Wildman–Crippen MR) is 24.6 cm³/mol. The zero-order valence-electron chi connectivity index (χ0n) is 4.13. The van der Waals surface area contributed by atoms with E-state index in [2.05, 4.69) is 0 Å². The molecule has 0 fully saturated rings. The molecule has 46 valence electrons. The standard InChI is InChI=1S/C4H6NO2.W/c1-3(2-5)4(6)7;/h1,3,5H,2H2,(H,6,7);/q-1;/t3-;/m0./s1. The first kappa shape index (κ1) is 11.0. The fraction of sp³-hybridized carbons (Fsp3) is 0.500. The minimum atomic E-state index is -1.12. The van der Waals surface area contributed by atoms with Crippen LogP contribution < -0.4 is 0 Å². The molecule has 3 nitrogen and oxygen atoms in total. The largest absolute Gasteiger partial charge is 0.677 e. The summed E-state index contributed by atoms with van der Waals surface area (Å²) in [5.74, 6) is -2.13. The Morgan fingerprint density at radius 1 is 1.88 bits per heavy atom. The van der Waals surface area contributed by atoms with Gasteiger partial charge in [0.15, 0.2) is 0 Å². The number of carbonyl (C=O) groups is 1. The van der Waals surface area contributed by atoms with Gasteiger partial charge in [0.1, 0.15) is 0 Å². The first-order chi connectivity index (χ1) is 3.18. The van der Waals surface area contributed by atoms with Crippen LogP contribution in [0.5, 0.6) is 0 Å². The second kappa shape index (κ2) is 5.26. The molecule has 8 heavy (non-hydrogen) atoms. The Bertz CT molecular complexity index is 76.4. The third-order valence-electron chi connectivity index (χ3n) is 0.537. The molecule has 4 heteroatoms. The molecule has 2 N–H and O–H groups in total. The average molecular weight is 284 g/mol. The molecule has 0 aromatic carbocycles. The molecule has 0 aromatic rings. The van der Waals surface area contributed by atoms with Crippen LogP contribution in [-0.4, -0.2) is 17.6 Å². The van der Waals surface area contributed by atoms with Crippen molar-refractivity contribution in [1.29, 1.82) is 0 Å². The Hall–Kier alpha value is 0.118. The number of aliphatic carboxylic acids is 1. The number of nitrogens with one attached hydrogen (secondary N) is 1. The van der Waals surface area contributed by atoms with Gasteiger partial charge in [-0.15, -0.1) is 6.54 Å². The van der Waals surface area contributed by atoms with Gasteiger partial charge in [-0.1, -0.05) is 0 Å². The van der Waals surface area contributed by atoms with Crippen LogP contribution in [-0.2, 0) is 25.9 Å². The van der Waals surface area contributed by atoms with Crippen LogP contribution in [0.2, 0.25) is 0 Å². The van der Waals surface area contributed by atoms with Gasteiger partial charge in [0.25, 0.3) is 0 Å². The Morgan fingerprint density at radius 2 is 2.25 bits per heavy atom. The maximum atomic E-state index is 9.69. The summed E-state index contributed by atoms with van der Waals surface area (Å²) >= 11 is 0. The second-order valence-corrected chi connectivity index (χ2v) is 1.15. The Morgan fingerprint density at radius 3 is 2.25 bits per heavy atom. The molecule has 0 unspecified atom stereocenters. The molecule has 0 amide bonds. The summed E-state index contributed by atoms with van der Waals surface area (Å²) in [6, 6.07) is 0. The smallest absolute Gasteiger partial charge is 0.305 e. The minimum absolute atomic E-state index is 0. The van der Waals surface area contributed by atoms with E-state index in [4.69, 9.17) is 17.8 Å². The molecule has 0 heterocycles. The van der Waals surface area contributed by atoms with Crippen LogP contribution in [0.4, 0.5) is 0 Å². The molecule has 0 spiro atoms. The SMILES string of the molecule is [CH][C@@H](C[NH-])C(=O)O.[W]. The van der Waals surface area contributed by atoms with Crippen molar-refractivity contribution >= 4 is 5.97 Å². The van der Waals surface area contributed by atoms with Crippen molar-refractivity contribution < 1.29 is 31.0 Å². The van der Waals surface area contributed by atoms with Gasteiger partial charge in [0, 0.05) is 27.0 Å². The molecule has 0 aliphatic rings. The second-order valence-electron chi connectivity index (χ2n) is 1.15. The van der Waals surface area contributed by atoms with Crippen molar-refractivity contribution in [2.75, 3.05) is 6.54 Å². The first-order valence-corrected chi connectivity index (χ1v) is 1.81. The molecule has 0 rings (SSSR count). The summed E-state index contributed by atoms with van der Waals surface area (Å²) < 4.78 is 0. The first-order valence-electron chi connectivity index (χ1n) is 1.81. The molecular formula is C4H6NO2W-. The molecular weight excluding hydrogens is 278 g/mol. The summed E-state index contributed by atoms with van der Waals surface area (Å²) in [6.45, 7) is 4.57. The van der Waals surface area contributed by atoms with E-state index in [0.29, 0.717) is 0 Å². The molecule has 2 radical (unpaired) electrons. The van der Waals surface area contributed by atoms with Crippen LogP contribution in [0.15, 0.2) is 0 Å². The van der Waals surface area contributed by atoms with Crippen molar-refractivity contribution in [3.63, 3.8) is 0 Å². The summed E-state index contributed by atoms with van der Waals surface area (Å²) in [6.07, 6.45) is 0. The van der Waals surface area contributed by atoms with E-state index in [-0.39, 0.29) is 27.6 Å². The fourth-order valence-corrected chi connectivity index (χ4v) is 0.0873.